The molecule has 25 heavy (non-hydrogen) atoms. The van der Waals surface area contributed by atoms with Gasteiger partial charge in [-0.25, -0.2) is 0 Å². The maximum absolute atomic E-state index is 12.3. The molecule has 0 spiro atoms. The van der Waals surface area contributed by atoms with E-state index in [1.165, 1.54) is 0 Å². The summed E-state index contributed by atoms with van der Waals surface area (Å²) in [6, 6.07) is 14.7. The quantitative estimate of drug-likeness (QED) is 0.328. The Morgan fingerprint density at radius 1 is 1.36 bits per heavy atom. The van der Waals surface area contributed by atoms with Gasteiger partial charge in [0.05, 0.1) is 3.57 Å². The Labute approximate surface area is 160 Å². The molecule has 0 bridgehead atoms. The Hall–Kier alpha value is -2.77. The molecule has 0 unspecified atom stereocenters. The molecule has 0 fully saturated rings. The molecule has 2 rings (SSSR count). The van der Waals surface area contributed by atoms with Crippen molar-refractivity contribution in [2.24, 2.45) is 0 Å². The number of carbonyl (C=O) groups excluding carboxylic acids is 1. The smallest absolute Gasteiger partial charge is 0.266 e. The first kappa shape index (κ1) is 18.6. The van der Waals surface area contributed by atoms with Crippen molar-refractivity contribution >= 4 is 40.3 Å². The van der Waals surface area contributed by atoms with Gasteiger partial charge in [-0.1, -0.05) is 30.2 Å². The third kappa shape index (κ3) is 5.10. The van der Waals surface area contributed by atoms with E-state index in [4.69, 9.17) is 11.2 Å². The molecule has 0 atom stereocenters. The zero-order valence-electron chi connectivity index (χ0n) is 13.5. The van der Waals surface area contributed by atoms with Crippen molar-refractivity contribution in [1.29, 1.82) is 5.26 Å². The van der Waals surface area contributed by atoms with Crippen LogP contribution in [-0.2, 0) is 4.79 Å². The number of ether oxygens (including phenoxy) is 1. The molecule has 1 amide bonds. The van der Waals surface area contributed by atoms with Crippen LogP contribution in [-0.4, -0.2) is 12.5 Å². The summed E-state index contributed by atoms with van der Waals surface area (Å²) in [7, 11) is 0. The van der Waals surface area contributed by atoms with Crippen molar-refractivity contribution in [3.63, 3.8) is 0 Å². The second kappa shape index (κ2) is 8.91. The zero-order valence-corrected chi connectivity index (χ0v) is 15.7. The molecule has 2 aromatic rings. The second-order valence-electron chi connectivity index (χ2n) is 5.12. The first-order valence-corrected chi connectivity index (χ1v) is 8.47. The maximum Gasteiger partial charge on any atom is 0.266 e. The Morgan fingerprint density at radius 3 is 2.76 bits per heavy atom. The van der Waals surface area contributed by atoms with Gasteiger partial charge in [-0.3, -0.25) is 4.79 Å². The van der Waals surface area contributed by atoms with Crippen molar-refractivity contribution < 1.29 is 9.53 Å². The highest BCUT2D eigenvalue weighted by atomic mass is 127. The van der Waals surface area contributed by atoms with E-state index in [-0.39, 0.29) is 12.2 Å². The Balaban J connectivity index is 2.21. The first-order valence-electron chi connectivity index (χ1n) is 7.39. The van der Waals surface area contributed by atoms with E-state index in [0.717, 1.165) is 14.7 Å². The predicted octanol–water partition coefficient (Wildman–Crippen LogP) is 4.16. The molecule has 124 valence electrons. The van der Waals surface area contributed by atoms with Gasteiger partial charge in [-0.15, -0.1) is 6.42 Å². The molecule has 0 aromatic heterocycles. The van der Waals surface area contributed by atoms with E-state index in [2.05, 4.69) is 33.8 Å². The normalized spacial score (nSPS) is 10.5. The molecule has 0 saturated carbocycles. The zero-order chi connectivity index (χ0) is 18.2. The van der Waals surface area contributed by atoms with Gasteiger partial charge >= 0.3 is 0 Å². The Bertz CT molecular complexity index is 905. The lowest BCUT2D eigenvalue weighted by Gasteiger charge is -2.08. The lowest BCUT2D eigenvalue weighted by molar-refractivity contribution is -0.112. The summed E-state index contributed by atoms with van der Waals surface area (Å²) in [6.45, 7) is 2.08. The maximum atomic E-state index is 12.3. The number of para-hydroxylation sites is 1. The molecule has 0 heterocycles. The van der Waals surface area contributed by atoms with E-state index in [1.54, 1.807) is 24.3 Å². The van der Waals surface area contributed by atoms with Crippen LogP contribution in [0, 0.1) is 34.2 Å². The van der Waals surface area contributed by atoms with Gasteiger partial charge in [0.15, 0.2) is 0 Å². The highest BCUT2D eigenvalue weighted by molar-refractivity contribution is 14.1. The standard InChI is InChI=1S/C20H15IN2O2/c1-3-10-25-19-9-8-15(12-17(19)21)11-16(13-22)20(24)23-18-7-5-4-6-14(18)2/h1,4-9,11-12H,10H2,2H3,(H,23,24)/b16-11-. The summed E-state index contributed by atoms with van der Waals surface area (Å²) in [5.74, 6) is 2.63. The van der Waals surface area contributed by atoms with Crippen molar-refractivity contribution in [3.8, 4) is 24.2 Å². The van der Waals surface area contributed by atoms with Gasteiger partial charge in [0.25, 0.3) is 5.91 Å². The Morgan fingerprint density at radius 2 is 2.12 bits per heavy atom. The van der Waals surface area contributed by atoms with Gasteiger partial charge < -0.3 is 10.1 Å². The van der Waals surface area contributed by atoms with Gasteiger partial charge in [0, 0.05) is 5.69 Å². The third-order valence-corrected chi connectivity index (χ3v) is 4.18. The highest BCUT2D eigenvalue weighted by Crippen LogP contribution is 2.23. The number of terminal acetylenes is 1. The summed E-state index contributed by atoms with van der Waals surface area (Å²) < 4.78 is 6.25. The number of benzene rings is 2. The number of amides is 1. The minimum absolute atomic E-state index is 0.0244. The van der Waals surface area contributed by atoms with Crippen LogP contribution in [0.5, 0.6) is 5.75 Å². The predicted molar refractivity (Wildman–Crippen MR) is 107 cm³/mol. The van der Waals surface area contributed by atoms with Crippen LogP contribution in [0.2, 0.25) is 0 Å². The van der Waals surface area contributed by atoms with Crippen LogP contribution < -0.4 is 10.1 Å². The number of hydrogen-bond acceptors (Lipinski definition) is 3. The van der Waals surface area contributed by atoms with E-state index in [1.807, 2.05) is 37.3 Å². The minimum Gasteiger partial charge on any atom is -0.480 e. The molecular formula is C20H15IN2O2. The van der Waals surface area contributed by atoms with Gasteiger partial charge in [-0.2, -0.15) is 5.26 Å². The van der Waals surface area contributed by atoms with Gasteiger partial charge in [0.2, 0.25) is 0 Å². The summed E-state index contributed by atoms with van der Waals surface area (Å²) >= 11 is 2.12. The number of hydrogen-bond donors (Lipinski definition) is 1. The molecule has 0 aliphatic rings. The number of anilines is 1. The van der Waals surface area contributed by atoms with Crippen LogP contribution in [0.15, 0.2) is 48.0 Å². The average molecular weight is 442 g/mol. The summed E-state index contributed by atoms with van der Waals surface area (Å²) in [6.07, 6.45) is 6.72. The molecule has 5 heteroatoms. The summed E-state index contributed by atoms with van der Waals surface area (Å²) in [5.41, 5.74) is 2.37. The number of aryl methyl sites for hydroxylation is 1. The van der Waals surface area contributed by atoms with Crippen LogP contribution in [0.25, 0.3) is 6.08 Å². The SMILES string of the molecule is C#CCOc1ccc(/C=C(/C#N)C(=O)Nc2ccccc2C)cc1I. The number of nitriles is 1. The third-order valence-electron chi connectivity index (χ3n) is 3.34. The minimum atomic E-state index is -0.445. The van der Waals surface area contributed by atoms with Gasteiger partial charge in [0.1, 0.15) is 24.0 Å². The van der Waals surface area contributed by atoms with Crippen molar-refractivity contribution in [2.75, 3.05) is 11.9 Å². The fraction of sp³-hybridized carbons (Fsp3) is 0.100. The van der Waals surface area contributed by atoms with Crippen LogP contribution in [0.1, 0.15) is 11.1 Å². The molecule has 2 aromatic carbocycles. The first-order chi connectivity index (χ1) is 12.0. The number of nitrogens with zero attached hydrogens (tertiary/aromatic N) is 1. The molecular weight excluding hydrogens is 427 g/mol. The van der Waals surface area contributed by atoms with Crippen LogP contribution in [0.3, 0.4) is 0 Å². The monoisotopic (exact) mass is 442 g/mol. The van der Waals surface area contributed by atoms with Crippen LogP contribution >= 0.6 is 22.6 Å². The van der Waals surface area contributed by atoms with Crippen molar-refractivity contribution in [3.05, 3.63) is 62.7 Å². The molecule has 0 saturated heterocycles. The molecule has 1 N–H and O–H groups in total. The van der Waals surface area contributed by atoms with Crippen molar-refractivity contribution in [2.45, 2.75) is 6.92 Å². The highest BCUT2D eigenvalue weighted by Gasteiger charge is 2.11. The van der Waals surface area contributed by atoms with Gasteiger partial charge in [-0.05, 0) is 64.9 Å². The van der Waals surface area contributed by atoms with E-state index < -0.39 is 5.91 Å². The number of halogens is 1. The molecule has 0 radical (unpaired) electrons. The number of carbonyl (C=O) groups is 1. The van der Waals surface area contributed by atoms with Crippen molar-refractivity contribution in [1.82, 2.24) is 0 Å². The number of nitrogens with one attached hydrogen (secondary N) is 1. The number of rotatable bonds is 5. The van der Waals surface area contributed by atoms with E-state index in [0.29, 0.717) is 11.4 Å². The van der Waals surface area contributed by atoms with E-state index in [9.17, 15) is 10.1 Å². The summed E-state index contributed by atoms with van der Waals surface area (Å²) in [4.78, 5) is 12.3. The molecule has 4 nitrogen and oxygen atoms in total. The largest absolute Gasteiger partial charge is 0.480 e. The lowest BCUT2D eigenvalue weighted by atomic mass is 10.1. The molecule has 0 aliphatic heterocycles. The van der Waals surface area contributed by atoms with E-state index >= 15 is 0 Å². The second-order valence-corrected chi connectivity index (χ2v) is 6.28. The Kier molecular flexibility index (Phi) is 6.62. The fourth-order valence-corrected chi connectivity index (χ4v) is 2.76. The summed E-state index contributed by atoms with van der Waals surface area (Å²) in [5, 5.41) is 12.1. The lowest BCUT2D eigenvalue weighted by Crippen LogP contribution is -2.14. The molecule has 0 aliphatic carbocycles. The van der Waals surface area contributed by atoms with Crippen LogP contribution in [0.4, 0.5) is 5.69 Å². The fourth-order valence-electron chi connectivity index (χ4n) is 2.06. The topological polar surface area (TPSA) is 62.1 Å². The average Bonchev–Trinajstić information content (AvgIpc) is 2.60.